The van der Waals surface area contributed by atoms with E-state index in [1.807, 2.05) is 17.5 Å². The molecule has 0 aliphatic heterocycles. The first-order valence-electron chi connectivity index (χ1n) is 4.75. The van der Waals surface area contributed by atoms with Gasteiger partial charge in [0.2, 0.25) is 0 Å². The smallest absolute Gasteiger partial charge is 0.356 e. The van der Waals surface area contributed by atoms with Crippen LogP contribution in [0.15, 0.2) is 29.6 Å². The zero-order chi connectivity index (χ0) is 11.8. The number of carboxylic acids is 1. The summed E-state index contributed by atoms with van der Waals surface area (Å²) >= 11 is 1.50. The number of thiophene rings is 1. The second-order valence-electron chi connectivity index (χ2n) is 3.29. The molecule has 84 valence electrons. The van der Waals surface area contributed by atoms with Crippen molar-refractivity contribution in [3.05, 3.63) is 35.3 Å². The minimum atomic E-state index is -1.07. The average Bonchev–Trinajstić information content (AvgIpc) is 2.96. The second-order valence-corrected chi connectivity index (χ2v) is 4.24. The number of hydrogen-bond donors (Lipinski definition) is 1. The summed E-state index contributed by atoms with van der Waals surface area (Å²) in [5.41, 5.74) is 0.494. The minimum Gasteiger partial charge on any atom is -0.476 e. The van der Waals surface area contributed by atoms with Crippen LogP contribution >= 0.6 is 11.3 Å². The van der Waals surface area contributed by atoms with Crippen molar-refractivity contribution >= 4 is 23.0 Å². The van der Waals surface area contributed by atoms with Crippen LogP contribution in [0.4, 0.5) is 0 Å². The van der Waals surface area contributed by atoms with Crippen LogP contribution in [0.3, 0.4) is 0 Å². The largest absolute Gasteiger partial charge is 0.476 e. The Morgan fingerprint density at radius 2 is 2.18 bits per heavy atom. The molecule has 0 aliphatic rings. The van der Waals surface area contributed by atoms with Crippen LogP contribution in [0.1, 0.15) is 10.5 Å². The van der Waals surface area contributed by atoms with Gasteiger partial charge >= 0.3 is 5.97 Å². The summed E-state index contributed by atoms with van der Waals surface area (Å²) in [5.74, 6) is -0.518. The molecule has 0 unspecified atom stereocenters. The second kappa shape index (κ2) is 3.63. The van der Waals surface area contributed by atoms with Gasteiger partial charge in [-0.3, -0.25) is 0 Å². The molecule has 0 aliphatic carbocycles. The molecule has 0 atom stereocenters. The zero-order valence-corrected chi connectivity index (χ0v) is 9.26. The van der Waals surface area contributed by atoms with E-state index in [2.05, 4.69) is 15.3 Å². The lowest BCUT2D eigenvalue weighted by Crippen LogP contribution is -2.05. The molecule has 0 saturated carbocycles. The number of nitrogens with zero attached hydrogens (tertiary/aromatic N) is 4. The van der Waals surface area contributed by atoms with E-state index < -0.39 is 5.97 Å². The van der Waals surface area contributed by atoms with Crippen LogP contribution in [-0.4, -0.2) is 30.9 Å². The third kappa shape index (κ3) is 1.56. The van der Waals surface area contributed by atoms with Gasteiger partial charge in [-0.2, -0.15) is 9.61 Å². The van der Waals surface area contributed by atoms with Gasteiger partial charge < -0.3 is 5.11 Å². The van der Waals surface area contributed by atoms with E-state index in [4.69, 9.17) is 5.11 Å². The van der Waals surface area contributed by atoms with Crippen molar-refractivity contribution in [1.29, 1.82) is 0 Å². The highest BCUT2D eigenvalue weighted by molar-refractivity contribution is 7.13. The third-order valence-electron chi connectivity index (χ3n) is 2.22. The van der Waals surface area contributed by atoms with Crippen LogP contribution in [0.5, 0.6) is 0 Å². The normalized spacial score (nSPS) is 10.8. The fourth-order valence-corrected chi connectivity index (χ4v) is 2.16. The summed E-state index contributed by atoms with van der Waals surface area (Å²) in [6, 6.07) is 6.77. The summed E-state index contributed by atoms with van der Waals surface area (Å²) in [4.78, 5) is 11.7. The fraction of sp³-hybridized carbons (Fsp3) is 0. The third-order valence-corrected chi connectivity index (χ3v) is 3.09. The lowest BCUT2D eigenvalue weighted by Gasteiger charge is -1.97. The Kier molecular flexibility index (Phi) is 2.12. The number of carbonyl (C=O) groups is 1. The molecular formula is C10H6N4O2S. The first kappa shape index (κ1) is 9.91. The Balaban J connectivity index is 2.26. The summed E-state index contributed by atoms with van der Waals surface area (Å²) in [7, 11) is 0. The Morgan fingerprint density at radius 3 is 2.88 bits per heavy atom. The summed E-state index contributed by atoms with van der Waals surface area (Å²) < 4.78 is 1.44. The molecule has 0 fully saturated rings. The van der Waals surface area contributed by atoms with Crippen molar-refractivity contribution < 1.29 is 9.90 Å². The van der Waals surface area contributed by atoms with Crippen molar-refractivity contribution in [2.24, 2.45) is 0 Å². The van der Waals surface area contributed by atoms with Gasteiger partial charge in [-0.15, -0.1) is 21.5 Å². The van der Waals surface area contributed by atoms with E-state index in [-0.39, 0.29) is 5.69 Å². The average molecular weight is 246 g/mol. The molecule has 6 nitrogen and oxygen atoms in total. The Bertz CT molecular complexity index is 689. The minimum absolute atomic E-state index is 0.0323. The lowest BCUT2D eigenvalue weighted by molar-refractivity contribution is 0.0689. The molecule has 3 heterocycles. The van der Waals surface area contributed by atoms with E-state index in [9.17, 15) is 4.79 Å². The number of rotatable bonds is 2. The monoisotopic (exact) mass is 246 g/mol. The van der Waals surface area contributed by atoms with Gasteiger partial charge in [-0.05, 0) is 23.6 Å². The van der Waals surface area contributed by atoms with Gasteiger partial charge in [0.15, 0.2) is 17.2 Å². The highest BCUT2D eigenvalue weighted by Crippen LogP contribution is 2.22. The van der Waals surface area contributed by atoms with E-state index in [0.29, 0.717) is 11.5 Å². The summed E-state index contributed by atoms with van der Waals surface area (Å²) in [6.45, 7) is 0. The molecule has 0 aromatic carbocycles. The molecule has 7 heteroatoms. The van der Waals surface area contributed by atoms with Gasteiger partial charge in [-0.25, -0.2) is 4.79 Å². The maximum Gasteiger partial charge on any atom is 0.356 e. The van der Waals surface area contributed by atoms with Gasteiger partial charge in [0.05, 0.1) is 4.88 Å². The predicted molar refractivity (Wildman–Crippen MR) is 61.1 cm³/mol. The molecular weight excluding hydrogens is 240 g/mol. The van der Waals surface area contributed by atoms with Crippen molar-refractivity contribution in [1.82, 2.24) is 19.8 Å². The van der Waals surface area contributed by atoms with E-state index in [1.54, 1.807) is 6.07 Å². The predicted octanol–water partition coefficient (Wildman–Crippen LogP) is 1.55. The molecule has 0 amide bonds. The first-order chi connectivity index (χ1) is 8.25. The SMILES string of the molecule is O=C(O)c1ccc2nnc(-c3cccs3)n2n1. The van der Waals surface area contributed by atoms with Crippen LogP contribution in [0, 0.1) is 0 Å². The number of carboxylic acid groups (broad SMARTS) is 1. The molecule has 0 radical (unpaired) electrons. The highest BCUT2D eigenvalue weighted by Gasteiger charge is 2.12. The van der Waals surface area contributed by atoms with Gasteiger partial charge in [-0.1, -0.05) is 6.07 Å². The van der Waals surface area contributed by atoms with E-state index in [1.165, 1.54) is 21.9 Å². The highest BCUT2D eigenvalue weighted by atomic mass is 32.1. The molecule has 0 saturated heterocycles. The number of hydrogen-bond acceptors (Lipinski definition) is 5. The Labute approximate surface area is 99.2 Å². The summed E-state index contributed by atoms with van der Waals surface area (Å²) in [5, 5.41) is 22.7. The van der Waals surface area contributed by atoms with Crippen LogP contribution < -0.4 is 0 Å². The Morgan fingerprint density at radius 1 is 1.29 bits per heavy atom. The quantitative estimate of drug-likeness (QED) is 0.742. The lowest BCUT2D eigenvalue weighted by atomic mass is 10.4. The van der Waals surface area contributed by atoms with Crippen LogP contribution in [0.2, 0.25) is 0 Å². The molecule has 1 N–H and O–H groups in total. The maximum atomic E-state index is 10.9. The molecule has 3 aromatic heterocycles. The molecule has 3 aromatic rings. The van der Waals surface area contributed by atoms with E-state index >= 15 is 0 Å². The number of aromatic carboxylic acids is 1. The van der Waals surface area contributed by atoms with Crippen molar-refractivity contribution in [2.45, 2.75) is 0 Å². The zero-order valence-electron chi connectivity index (χ0n) is 8.44. The Hall–Kier alpha value is -2.28. The number of aromatic nitrogens is 4. The topological polar surface area (TPSA) is 80.4 Å². The fourth-order valence-electron chi connectivity index (χ4n) is 1.46. The van der Waals surface area contributed by atoms with Gasteiger partial charge in [0, 0.05) is 0 Å². The molecule has 0 bridgehead atoms. The maximum absolute atomic E-state index is 10.9. The van der Waals surface area contributed by atoms with Crippen molar-refractivity contribution in [2.75, 3.05) is 0 Å². The van der Waals surface area contributed by atoms with Crippen molar-refractivity contribution in [3.63, 3.8) is 0 Å². The summed E-state index contributed by atoms with van der Waals surface area (Å²) in [6.07, 6.45) is 0. The van der Waals surface area contributed by atoms with Crippen LogP contribution in [-0.2, 0) is 0 Å². The van der Waals surface area contributed by atoms with Gasteiger partial charge in [0.25, 0.3) is 0 Å². The standard InChI is InChI=1S/C10H6N4O2S/c15-10(16)6-3-4-8-11-12-9(14(8)13-6)7-2-1-5-17-7/h1-5H,(H,15,16). The van der Waals surface area contributed by atoms with Crippen LogP contribution in [0.25, 0.3) is 16.3 Å². The van der Waals surface area contributed by atoms with Crippen molar-refractivity contribution in [3.8, 4) is 10.7 Å². The van der Waals surface area contributed by atoms with Gasteiger partial charge in [0.1, 0.15) is 0 Å². The molecule has 0 spiro atoms. The first-order valence-corrected chi connectivity index (χ1v) is 5.63. The molecule has 17 heavy (non-hydrogen) atoms. The molecule has 3 rings (SSSR count). The number of fused-ring (bicyclic) bond motifs is 1. The van der Waals surface area contributed by atoms with E-state index in [0.717, 1.165) is 4.88 Å².